The van der Waals surface area contributed by atoms with Crippen molar-refractivity contribution in [2.24, 2.45) is 0 Å². The molecule has 1 N–H and O–H groups in total. The van der Waals surface area contributed by atoms with E-state index < -0.39 is 11.5 Å². The van der Waals surface area contributed by atoms with Crippen LogP contribution in [0.15, 0.2) is 92.5 Å². The lowest BCUT2D eigenvalue weighted by Crippen LogP contribution is -2.20. The van der Waals surface area contributed by atoms with Crippen LogP contribution in [0, 0.1) is 0 Å². The molecule has 0 saturated heterocycles. The maximum Gasteiger partial charge on any atom is 0.349 e. The molecule has 0 aliphatic carbocycles. The van der Waals surface area contributed by atoms with Crippen molar-refractivity contribution >= 4 is 22.6 Å². The molecule has 0 radical (unpaired) electrons. The van der Waals surface area contributed by atoms with Gasteiger partial charge in [-0.15, -0.1) is 10.2 Å². The molecule has 35 heavy (non-hydrogen) atoms. The van der Waals surface area contributed by atoms with E-state index in [-0.39, 0.29) is 12.2 Å². The quantitative estimate of drug-likeness (QED) is 0.342. The van der Waals surface area contributed by atoms with Crippen LogP contribution >= 0.6 is 0 Å². The number of para-hydroxylation sites is 1. The molecule has 174 valence electrons. The zero-order chi connectivity index (χ0) is 24.2. The number of anilines is 1. The molecule has 0 aliphatic heterocycles. The Hall–Kier alpha value is -4.92. The van der Waals surface area contributed by atoms with E-state index in [9.17, 15) is 9.59 Å². The number of carbonyl (C=O) groups excluding carboxylic acids is 1. The Bertz CT molecular complexity index is 1560. The molecule has 9 nitrogen and oxygen atoms in total. The van der Waals surface area contributed by atoms with Gasteiger partial charge in [0.15, 0.2) is 6.61 Å². The number of aromatic nitrogens is 2. The van der Waals surface area contributed by atoms with Gasteiger partial charge in [-0.05, 0) is 48.5 Å². The van der Waals surface area contributed by atoms with E-state index >= 15 is 0 Å². The van der Waals surface area contributed by atoms with E-state index in [0.29, 0.717) is 34.2 Å². The standard InChI is InChI=1S/C26H19N3O6/c1-32-19-11-9-16(10-12-19)25-29-28-23(35-25)15-33-20-7-4-6-18(14-20)27-24(30)21-13-17-5-2-3-8-22(17)34-26(21)31/h2-14H,15H2,1H3,(H,27,30). The minimum Gasteiger partial charge on any atom is -0.497 e. The topological polar surface area (TPSA) is 117 Å². The largest absolute Gasteiger partial charge is 0.497 e. The third-order valence-corrected chi connectivity index (χ3v) is 5.14. The minimum absolute atomic E-state index is 0.0365. The molecule has 0 saturated carbocycles. The summed E-state index contributed by atoms with van der Waals surface area (Å²) < 4.78 is 21.8. The van der Waals surface area contributed by atoms with Crippen molar-refractivity contribution in [3.05, 3.63) is 101 Å². The second kappa shape index (κ2) is 9.52. The average Bonchev–Trinajstić information content (AvgIpc) is 3.36. The fraction of sp³-hybridized carbons (Fsp3) is 0.0769. The van der Waals surface area contributed by atoms with Crippen molar-refractivity contribution in [3.8, 4) is 23.0 Å². The smallest absolute Gasteiger partial charge is 0.349 e. The van der Waals surface area contributed by atoms with Crippen LogP contribution in [0.1, 0.15) is 16.2 Å². The SMILES string of the molecule is COc1ccc(-c2nnc(COc3cccc(NC(=O)c4cc5ccccc5oc4=O)c3)o2)cc1. The molecule has 0 unspecified atom stereocenters. The van der Waals surface area contributed by atoms with Crippen LogP contribution in [0.3, 0.4) is 0 Å². The summed E-state index contributed by atoms with van der Waals surface area (Å²) in [4.78, 5) is 24.9. The number of benzene rings is 3. The Morgan fingerprint density at radius 3 is 2.57 bits per heavy atom. The lowest BCUT2D eigenvalue weighted by atomic mass is 10.1. The van der Waals surface area contributed by atoms with E-state index in [1.54, 1.807) is 67.8 Å². The molecule has 5 rings (SSSR count). The fourth-order valence-corrected chi connectivity index (χ4v) is 3.39. The first kappa shape index (κ1) is 21.9. The van der Waals surface area contributed by atoms with Gasteiger partial charge in [0, 0.05) is 22.7 Å². The molecule has 9 heteroatoms. The Labute approximate surface area is 198 Å². The van der Waals surface area contributed by atoms with Gasteiger partial charge in [0.05, 0.1) is 7.11 Å². The van der Waals surface area contributed by atoms with Crippen LogP contribution in [0.5, 0.6) is 11.5 Å². The first-order chi connectivity index (χ1) is 17.1. The van der Waals surface area contributed by atoms with E-state index in [1.807, 2.05) is 12.1 Å². The molecule has 0 aliphatic rings. The number of hydrogen-bond acceptors (Lipinski definition) is 8. The molecule has 2 heterocycles. The molecule has 5 aromatic rings. The highest BCUT2D eigenvalue weighted by molar-refractivity contribution is 6.05. The van der Waals surface area contributed by atoms with Gasteiger partial charge in [-0.2, -0.15) is 0 Å². The normalized spacial score (nSPS) is 10.8. The second-order valence-corrected chi connectivity index (χ2v) is 7.49. The number of nitrogens with zero attached hydrogens (tertiary/aromatic N) is 2. The summed E-state index contributed by atoms with van der Waals surface area (Å²) in [6, 6.07) is 22.5. The van der Waals surface area contributed by atoms with Crippen molar-refractivity contribution in [3.63, 3.8) is 0 Å². The van der Waals surface area contributed by atoms with E-state index in [1.165, 1.54) is 6.07 Å². The Kier molecular flexibility index (Phi) is 5.96. The summed E-state index contributed by atoms with van der Waals surface area (Å²) in [5.41, 5.74) is 0.821. The molecule has 1 amide bonds. The number of rotatable bonds is 7. The second-order valence-electron chi connectivity index (χ2n) is 7.49. The number of hydrogen-bond donors (Lipinski definition) is 1. The maximum atomic E-state index is 12.7. The number of nitrogens with one attached hydrogen (secondary N) is 1. The van der Waals surface area contributed by atoms with Crippen LogP contribution in [-0.2, 0) is 6.61 Å². The molecular formula is C26H19N3O6. The van der Waals surface area contributed by atoms with Crippen LogP contribution in [0.25, 0.3) is 22.4 Å². The number of ether oxygens (including phenoxy) is 2. The van der Waals surface area contributed by atoms with Gasteiger partial charge < -0.3 is 23.6 Å². The molecule has 0 spiro atoms. The van der Waals surface area contributed by atoms with Crippen LogP contribution in [0.4, 0.5) is 5.69 Å². The summed E-state index contributed by atoms with van der Waals surface area (Å²) in [6.07, 6.45) is 0. The zero-order valence-corrected chi connectivity index (χ0v) is 18.6. The highest BCUT2D eigenvalue weighted by Gasteiger charge is 2.15. The summed E-state index contributed by atoms with van der Waals surface area (Å²) in [7, 11) is 1.60. The predicted octanol–water partition coefficient (Wildman–Crippen LogP) is 4.68. The van der Waals surface area contributed by atoms with Crippen LogP contribution in [-0.4, -0.2) is 23.2 Å². The fourth-order valence-electron chi connectivity index (χ4n) is 3.39. The molecule has 3 aromatic carbocycles. The molecule has 0 fully saturated rings. The summed E-state index contributed by atoms with van der Waals surface area (Å²) in [6.45, 7) is 0.0365. The lowest BCUT2D eigenvalue weighted by Gasteiger charge is -2.08. The van der Waals surface area contributed by atoms with Crippen molar-refractivity contribution < 1.29 is 23.1 Å². The van der Waals surface area contributed by atoms with Gasteiger partial charge >= 0.3 is 5.63 Å². The molecule has 0 bridgehead atoms. The maximum absolute atomic E-state index is 12.7. The zero-order valence-electron chi connectivity index (χ0n) is 18.6. The van der Waals surface area contributed by atoms with Crippen LogP contribution < -0.4 is 20.4 Å². The third kappa shape index (κ3) is 4.88. The first-order valence-electron chi connectivity index (χ1n) is 10.6. The Morgan fingerprint density at radius 1 is 0.914 bits per heavy atom. The molecular weight excluding hydrogens is 450 g/mol. The van der Waals surface area contributed by atoms with Crippen LogP contribution in [0.2, 0.25) is 0 Å². The third-order valence-electron chi connectivity index (χ3n) is 5.14. The monoisotopic (exact) mass is 469 g/mol. The number of methoxy groups -OCH3 is 1. The Morgan fingerprint density at radius 2 is 1.74 bits per heavy atom. The number of carbonyl (C=O) groups is 1. The highest BCUT2D eigenvalue weighted by Crippen LogP contribution is 2.23. The van der Waals surface area contributed by atoms with Gasteiger partial charge in [0.1, 0.15) is 22.6 Å². The van der Waals surface area contributed by atoms with E-state index in [4.69, 9.17) is 18.3 Å². The van der Waals surface area contributed by atoms with Gasteiger partial charge in [-0.3, -0.25) is 4.79 Å². The van der Waals surface area contributed by atoms with Gasteiger partial charge in [-0.1, -0.05) is 24.3 Å². The first-order valence-corrected chi connectivity index (χ1v) is 10.6. The van der Waals surface area contributed by atoms with Crippen molar-refractivity contribution in [2.45, 2.75) is 6.61 Å². The average molecular weight is 469 g/mol. The minimum atomic E-state index is -0.710. The van der Waals surface area contributed by atoms with Crippen molar-refractivity contribution in [1.82, 2.24) is 10.2 Å². The van der Waals surface area contributed by atoms with Crippen molar-refractivity contribution in [1.29, 1.82) is 0 Å². The summed E-state index contributed by atoms with van der Waals surface area (Å²) in [5, 5.41) is 11.4. The summed E-state index contributed by atoms with van der Waals surface area (Å²) >= 11 is 0. The van der Waals surface area contributed by atoms with Gasteiger partial charge in [0.2, 0.25) is 5.89 Å². The molecule has 2 aromatic heterocycles. The predicted molar refractivity (Wildman–Crippen MR) is 127 cm³/mol. The highest BCUT2D eigenvalue weighted by atomic mass is 16.5. The Balaban J connectivity index is 1.25. The number of fused-ring (bicyclic) bond motifs is 1. The lowest BCUT2D eigenvalue weighted by molar-refractivity contribution is 0.102. The summed E-state index contributed by atoms with van der Waals surface area (Å²) in [5.74, 6) is 1.27. The van der Waals surface area contributed by atoms with Gasteiger partial charge in [0.25, 0.3) is 11.8 Å². The van der Waals surface area contributed by atoms with Gasteiger partial charge in [-0.25, -0.2) is 4.79 Å². The van der Waals surface area contributed by atoms with E-state index in [0.717, 1.165) is 11.3 Å². The number of amides is 1. The van der Waals surface area contributed by atoms with Crippen molar-refractivity contribution in [2.75, 3.05) is 12.4 Å². The van der Waals surface area contributed by atoms with E-state index in [2.05, 4.69) is 15.5 Å². The molecule has 0 atom stereocenters.